The number of hydrogen-bond acceptors (Lipinski definition) is 6. The second-order valence-corrected chi connectivity index (χ2v) is 8.67. The summed E-state index contributed by atoms with van der Waals surface area (Å²) in [5.74, 6) is 2.04. The van der Waals surface area contributed by atoms with Crippen LogP contribution in [-0.2, 0) is 9.47 Å². The molecule has 2 heterocycles. The van der Waals surface area contributed by atoms with E-state index in [-0.39, 0.29) is 8.03 Å². The smallest absolute Gasteiger partial charge is 0.407 e. The number of piperidine rings is 1. The number of anilines is 1. The number of methoxy groups -OCH3 is 1. The van der Waals surface area contributed by atoms with E-state index in [1.54, 1.807) is 7.11 Å². The Hall–Kier alpha value is -3.19. The van der Waals surface area contributed by atoms with E-state index in [0.717, 1.165) is 59.6 Å². The van der Waals surface area contributed by atoms with Gasteiger partial charge in [-0.15, -0.1) is 0 Å². The van der Waals surface area contributed by atoms with E-state index < -0.39 is 6.09 Å². The summed E-state index contributed by atoms with van der Waals surface area (Å²) in [6.07, 6.45) is 1.71. The highest BCUT2D eigenvalue weighted by molar-refractivity contribution is 5.91. The monoisotopic (exact) mass is 450 g/mol. The molecule has 1 N–H and O–H groups in total. The van der Waals surface area contributed by atoms with Gasteiger partial charge in [-0.1, -0.05) is 30.3 Å². The molecule has 1 aromatic heterocycles. The van der Waals surface area contributed by atoms with Crippen LogP contribution in [0.2, 0.25) is 0 Å². The lowest BCUT2D eigenvalue weighted by Gasteiger charge is -2.34. The standard InChI is InChI=1S/C26H32N4O3.H2/c1-18-10-11-22-23(15-18)28-24(21-9-5-4-7-19(21)2)29-25(22)30-12-6-8-20(17-30)16-27-26(31)33-14-13-32-3;/h4-5,7,9-11,15,20H,6,8,12-14,16-17H2,1-3H3,(H,27,31);1H/t20-;/m0./s1. The fourth-order valence-electron chi connectivity index (χ4n) is 4.33. The molecule has 1 aliphatic heterocycles. The average molecular weight is 451 g/mol. The number of hydrogen-bond donors (Lipinski definition) is 1. The lowest BCUT2D eigenvalue weighted by molar-refractivity contribution is 0.0976. The van der Waals surface area contributed by atoms with Crippen molar-refractivity contribution in [1.29, 1.82) is 0 Å². The molecule has 1 amide bonds. The molecule has 1 atom stereocenters. The minimum atomic E-state index is -0.394. The molecule has 1 aliphatic rings. The van der Waals surface area contributed by atoms with Gasteiger partial charge in [0.25, 0.3) is 0 Å². The summed E-state index contributed by atoms with van der Waals surface area (Å²) in [7, 11) is 1.58. The Bertz CT molecular complexity index is 1120. The number of nitrogens with zero attached hydrogens (tertiary/aromatic N) is 3. The number of benzene rings is 2. The van der Waals surface area contributed by atoms with E-state index >= 15 is 0 Å². The van der Waals surface area contributed by atoms with E-state index in [1.807, 2.05) is 12.1 Å². The molecule has 33 heavy (non-hydrogen) atoms. The zero-order valence-corrected chi connectivity index (χ0v) is 19.6. The molecule has 0 spiro atoms. The molecular formula is C26H34N4O3. The van der Waals surface area contributed by atoms with Gasteiger partial charge < -0.3 is 19.7 Å². The number of aryl methyl sites for hydroxylation is 2. The summed E-state index contributed by atoms with van der Waals surface area (Å²) < 4.78 is 10.0. The Labute approximate surface area is 196 Å². The first-order valence-corrected chi connectivity index (χ1v) is 11.5. The molecule has 1 saturated heterocycles. The number of rotatable bonds is 7. The first-order chi connectivity index (χ1) is 16.0. The predicted molar refractivity (Wildman–Crippen MR) is 133 cm³/mol. The van der Waals surface area contributed by atoms with Crippen molar-refractivity contribution in [2.24, 2.45) is 5.92 Å². The summed E-state index contributed by atoms with van der Waals surface area (Å²) in [6.45, 7) is 7.17. The Morgan fingerprint density at radius 3 is 2.85 bits per heavy atom. The predicted octanol–water partition coefficient (Wildman–Crippen LogP) is 4.75. The van der Waals surface area contributed by atoms with Crippen molar-refractivity contribution < 1.29 is 15.7 Å². The zero-order valence-electron chi connectivity index (χ0n) is 19.6. The van der Waals surface area contributed by atoms with E-state index in [2.05, 4.69) is 54.4 Å². The Kier molecular flexibility index (Phi) is 7.40. The van der Waals surface area contributed by atoms with Crippen molar-refractivity contribution in [1.82, 2.24) is 15.3 Å². The van der Waals surface area contributed by atoms with E-state index in [9.17, 15) is 4.79 Å². The SMILES string of the molecule is COCCOC(=O)NC[C@@H]1CCCN(c2nc(-c3ccccc3C)nc3cc(C)ccc23)C1.[HH]. The van der Waals surface area contributed by atoms with Crippen molar-refractivity contribution in [2.45, 2.75) is 26.7 Å². The maximum Gasteiger partial charge on any atom is 0.407 e. The molecule has 0 aliphatic carbocycles. The van der Waals surface area contributed by atoms with Crippen molar-refractivity contribution >= 4 is 22.8 Å². The largest absolute Gasteiger partial charge is 0.447 e. The lowest BCUT2D eigenvalue weighted by atomic mass is 9.97. The van der Waals surface area contributed by atoms with Crippen LogP contribution >= 0.6 is 0 Å². The highest BCUT2D eigenvalue weighted by Gasteiger charge is 2.24. The van der Waals surface area contributed by atoms with Gasteiger partial charge in [0.1, 0.15) is 12.4 Å². The van der Waals surface area contributed by atoms with Crippen LogP contribution in [0.3, 0.4) is 0 Å². The second-order valence-electron chi connectivity index (χ2n) is 8.67. The lowest BCUT2D eigenvalue weighted by Crippen LogP contribution is -2.41. The van der Waals surface area contributed by atoms with Crippen LogP contribution in [0.15, 0.2) is 42.5 Å². The number of aromatic nitrogens is 2. The van der Waals surface area contributed by atoms with Crippen LogP contribution < -0.4 is 10.2 Å². The average Bonchev–Trinajstić information content (AvgIpc) is 2.82. The third-order valence-electron chi connectivity index (χ3n) is 6.09. The third kappa shape index (κ3) is 5.60. The summed E-state index contributed by atoms with van der Waals surface area (Å²) in [4.78, 5) is 24.2. The molecule has 176 valence electrons. The number of carbonyl (C=O) groups excluding carboxylic acids is 1. The minimum Gasteiger partial charge on any atom is -0.447 e. The van der Waals surface area contributed by atoms with E-state index in [0.29, 0.717) is 19.1 Å². The van der Waals surface area contributed by atoms with Crippen LogP contribution in [0.5, 0.6) is 0 Å². The molecule has 7 nitrogen and oxygen atoms in total. The number of carbonyl (C=O) groups is 1. The van der Waals surface area contributed by atoms with Crippen molar-refractivity contribution in [3.8, 4) is 11.4 Å². The molecule has 7 heteroatoms. The van der Waals surface area contributed by atoms with Gasteiger partial charge in [-0.05, 0) is 55.9 Å². The molecule has 4 rings (SSSR count). The van der Waals surface area contributed by atoms with Gasteiger partial charge >= 0.3 is 6.09 Å². The minimum absolute atomic E-state index is 0. The second kappa shape index (κ2) is 10.6. The van der Waals surface area contributed by atoms with E-state index in [4.69, 9.17) is 19.4 Å². The number of nitrogens with one attached hydrogen (secondary N) is 1. The number of ether oxygens (including phenoxy) is 2. The zero-order chi connectivity index (χ0) is 23.2. The molecule has 0 unspecified atom stereocenters. The normalized spacial score (nSPS) is 16.1. The van der Waals surface area contributed by atoms with Gasteiger partial charge in [-0.2, -0.15) is 0 Å². The topological polar surface area (TPSA) is 76.6 Å². The van der Waals surface area contributed by atoms with Gasteiger partial charge in [-0.3, -0.25) is 0 Å². The number of amides is 1. The van der Waals surface area contributed by atoms with Crippen LogP contribution in [-0.4, -0.2) is 56.0 Å². The summed E-state index contributed by atoms with van der Waals surface area (Å²) in [6, 6.07) is 14.6. The highest BCUT2D eigenvalue weighted by Crippen LogP contribution is 2.31. The maximum atomic E-state index is 11.9. The number of alkyl carbamates (subject to hydrolysis) is 1. The van der Waals surface area contributed by atoms with Crippen molar-refractivity contribution in [2.75, 3.05) is 44.9 Å². The molecule has 3 aromatic rings. The van der Waals surface area contributed by atoms with Gasteiger partial charge in [0.05, 0.1) is 12.1 Å². The van der Waals surface area contributed by atoms with Crippen LogP contribution in [0.1, 0.15) is 25.4 Å². The fourth-order valence-corrected chi connectivity index (χ4v) is 4.33. The first kappa shape index (κ1) is 23.0. The summed E-state index contributed by atoms with van der Waals surface area (Å²) in [5, 5.41) is 3.96. The Morgan fingerprint density at radius 1 is 1.18 bits per heavy atom. The van der Waals surface area contributed by atoms with Gasteiger partial charge in [0, 0.05) is 39.1 Å². The van der Waals surface area contributed by atoms with Gasteiger partial charge in [0.15, 0.2) is 5.82 Å². The maximum absolute atomic E-state index is 11.9. The van der Waals surface area contributed by atoms with Crippen molar-refractivity contribution in [3.05, 3.63) is 53.6 Å². The highest BCUT2D eigenvalue weighted by atomic mass is 16.6. The van der Waals surface area contributed by atoms with Crippen LogP contribution in [0, 0.1) is 19.8 Å². The van der Waals surface area contributed by atoms with Gasteiger partial charge in [0.2, 0.25) is 0 Å². The quantitative estimate of drug-likeness (QED) is 0.524. The molecular weight excluding hydrogens is 416 g/mol. The fraction of sp³-hybridized carbons (Fsp3) is 0.423. The molecule has 0 radical (unpaired) electrons. The first-order valence-electron chi connectivity index (χ1n) is 11.5. The summed E-state index contributed by atoms with van der Waals surface area (Å²) in [5.41, 5.74) is 4.34. The molecule has 1 fully saturated rings. The third-order valence-corrected chi connectivity index (χ3v) is 6.09. The Morgan fingerprint density at radius 2 is 2.03 bits per heavy atom. The molecule has 0 saturated carbocycles. The Balaban J connectivity index is 0.00000324. The van der Waals surface area contributed by atoms with E-state index in [1.165, 1.54) is 5.56 Å². The number of fused-ring (bicyclic) bond motifs is 1. The molecule has 0 bridgehead atoms. The summed E-state index contributed by atoms with van der Waals surface area (Å²) >= 11 is 0. The van der Waals surface area contributed by atoms with Crippen LogP contribution in [0.4, 0.5) is 10.6 Å². The van der Waals surface area contributed by atoms with Crippen molar-refractivity contribution in [3.63, 3.8) is 0 Å². The van der Waals surface area contributed by atoms with Crippen LogP contribution in [0.25, 0.3) is 22.3 Å². The molecule has 2 aromatic carbocycles. The van der Waals surface area contributed by atoms with Gasteiger partial charge in [-0.25, -0.2) is 14.8 Å².